The van der Waals surface area contributed by atoms with Crippen molar-refractivity contribution in [2.45, 2.75) is 6.54 Å². The number of carbonyl (C=O) groups is 1. The van der Waals surface area contributed by atoms with Crippen LogP contribution in [-0.4, -0.2) is 23.2 Å². The summed E-state index contributed by atoms with van der Waals surface area (Å²) in [4.78, 5) is 14.8. The molecule has 0 unspecified atom stereocenters. The van der Waals surface area contributed by atoms with Crippen LogP contribution in [0.4, 0.5) is 5.69 Å². The van der Waals surface area contributed by atoms with Crippen LogP contribution in [0.15, 0.2) is 36.5 Å². The van der Waals surface area contributed by atoms with E-state index < -0.39 is 5.97 Å². The van der Waals surface area contributed by atoms with E-state index in [-0.39, 0.29) is 5.56 Å². The van der Waals surface area contributed by atoms with Crippen molar-refractivity contribution < 1.29 is 14.6 Å². The molecule has 0 radical (unpaired) electrons. The van der Waals surface area contributed by atoms with Crippen LogP contribution in [-0.2, 0) is 6.54 Å². The summed E-state index contributed by atoms with van der Waals surface area (Å²) < 4.78 is 5.13. The first kappa shape index (κ1) is 14.1. The van der Waals surface area contributed by atoms with E-state index in [4.69, 9.17) is 21.4 Å². The van der Waals surface area contributed by atoms with Gasteiger partial charge in [0.15, 0.2) is 0 Å². The number of carboxylic acid groups (broad SMARTS) is 1. The van der Waals surface area contributed by atoms with E-state index in [1.165, 1.54) is 12.3 Å². The zero-order chi connectivity index (χ0) is 14.5. The second-order valence-corrected chi connectivity index (χ2v) is 4.45. The lowest BCUT2D eigenvalue weighted by atomic mass is 10.2. The molecule has 2 N–H and O–H groups in total. The van der Waals surface area contributed by atoms with Gasteiger partial charge in [0.25, 0.3) is 0 Å². The first-order valence-corrected chi connectivity index (χ1v) is 6.23. The molecule has 0 amide bonds. The van der Waals surface area contributed by atoms with Gasteiger partial charge in [-0.15, -0.1) is 0 Å². The van der Waals surface area contributed by atoms with Crippen molar-refractivity contribution in [3.05, 3.63) is 52.8 Å². The maximum absolute atomic E-state index is 10.7. The third-order valence-corrected chi connectivity index (χ3v) is 3.01. The van der Waals surface area contributed by atoms with Crippen LogP contribution in [0.25, 0.3) is 0 Å². The third kappa shape index (κ3) is 3.39. The Bertz CT molecular complexity index is 614. The number of carboxylic acids is 1. The molecule has 0 spiro atoms. The predicted octanol–water partition coefficient (Wildman–Crippen LogP) is 3.05. The number of hydrogen-bond donors (Lipinski definition) is 2. The minimum Gasteiger partial charge on any atom is -0.495 e. The van der Waals surface area contributed by atoms with Gasteiger partial charge in [-0.05, 0) is 24.3 Å². The van der Waals surface area contributed by atoms with Crippen LogP contribution in [0.2, 0.25) is 5.02 Å². The van der Waals surface area contributed by atoms with E-state index in [9.17, 15) is 4.79 Å². The van der Waals surface area contributed by atoms with Crippen LogP contribution in [0, 0.1) is 0 Å². The van der Waals surface area contributed by atoms with Crippen LogP contribution >= 0.6 is 11.6 Å². The van der Waals surface area contributed by atoms with Crippen LogP contribution in [0.3, 0.4) is 0 Å². The van der Waals surface area contributed by atoms with Crippen LogP contribution in [0.1, 0.15) is 16.1 Å². The molecule has 104 valence electrons. The molecular weight excluding hydrogens is 280 g/mol. The summed E-state index contributed by atoms with van der Waals surface area (Å²) in [7, 11) is 1.55. The lowest BCUT2D eigenvalue weighted by Gasteiger charge is -2.09. The maximum Gasteiger partial charge on any atom is 0.337 e. The molecule has 0 bridgehead atoms. The number of hydrogen-bond acceptors (Lipinski definition) is 4. The summed E-state index contributed by atoms with van der Waals surface area (Å²) in [6.07, 6.45) is 1.34. The van der Waals surface area contributed by atoms with Gasteiger partial charge in [0.05, 0.1) is 29.9 Å². The highest BCUT2D eigenvalue weighted by Crippen LogP contribution is 2.27. The molecule has 0 atom stereocenters. The van der Waals surface area contributed by atoms with Gasteiger partial charge in [-0.3, -0.25) is 4.98 Å². The van der Waals surface area contributed by atoms with E-state index in [1.807, 2.05) is 6.07 Å². The van der Waals surface area contributed by atoms with Crippen molar-refractivity contribution >= 4 is 23.3 Å². The molecule has 0 aliphatic rings. The van der Waals surface area contributed by atoms with Crippen molar-refractivity contribution in [2.75, 3.05) is 12.4 Å². The number of nitrogens with zero attached hydrogens (tertiary/aromatic N) is 1. The molecule has 0 saturated heterocycles. The number of pyridine rings is 1. The van der Waals surface area contributed by atoms with Gasteiger partial charge in [0.1, 0.15) is 5.75 Å². The average Bonchev–Trinajstić information content (AvgIpc) is 2.46. The SMILES string of the molecule is COc1cc(NCc2ccc(C(=O)O)cn2)ccc1Cl. The summed E-state index contributed by atoms with van der Waals surface area (Å²) in [6.45, 7) is 0.477. The zero-order valence-electron chi connectivity index (χ0n) is 10.8. The Hall–Kier alpha value is -2.27. The molecule has 5 nitrogen and oxygen atoms in total. The molecule has 1 aromatic carbocycles. The zero-order valence-corrected chi connectivity index (χ0v) is 11.5. The molecule has 20 heavy (non-hydrogen) atoms. The molecule has 0 aliphatic heterocycles. The number of nitrogens with one attached hydrogen (secondary N) is 1. The van der Waals surface area contributed by atoms with Crippen molar-refractivity contribution in [3.63, 3.8) is 0 Å². The smallest absolute Gasteiger partial charge is 0.337 e. The standard InChI is InChI=1S/C14H13ClN2O3/c1-20-13-6-10(4-5-12(13)15)17-8-11-3-2-9(7-16-11)14(18)19/h2-7,17H,8H2,1H3,(H,18,19). The monoisotopic (exact) mass is 292 g/mol. The molecular formula is C14H13ClN2O3. The lowest BCUT2D eigenvalue weighted by Crippen LogP contribution is -2.04. The third-order valence-electron chi connectivity index (χ3n) is 2.70. The predicted molar refractivity (Wildman–Crippen MR) is 76.5 cm³/mol. The quantitative estimate of drug-likeness (QED) is 0.886. The van der Waals surface area contributed by atoms with Gasteiger partial charge in [-0.1, -0.05) is 11.6 Å². The molecule has 0 fully saturated rings. The summed E-state index contributed by atoms with van der Waals surface area (Å²) in [5.74, 6) is -0.398. The van der Waals surface area contributed by atoms with E-state index in [1.54, 1.807) is 25.3 Å². The van der Waals surface area contributed by atoms with E-state index in [2.05, 4.69) is 10.3 Å². The Labute approximate surface area is 121 Å². The Morgan fingerprint density at radius 1 is 1.40 bits per heavy atom. The summed E-state index contributed by atoms with van der Waals surface area (Å²) in [5, 5.41) is 12.5. The summed E-state index contributed by atoms with van der Waals surface area (Å²) in [5.41, 5.74) is 1.75. The Morgan fingerprint density at radius 2 is 2.20 bits per heavy atom. The Kier molecular flexibility index (Phi) is 4.42. The van der Waals surface area contributed by atoms with Crippen molar-refractivity contribution in [1.29, 1.82) is 0 Å². The van der Waals surface area contributed by atoms with E-state index in [0.717, 1.165) is 11.4 Å². The number of halogens is 1. The van der Waals surface area contributed by atoms with Crippen molar-refractivity contribution in [3.8, 4) is 5.75 Å². The minimum atomic E-state index is -0.987. The average molecular weight is 293 g/mol. The molecule has 1 aromatic heterocycles. The number of aromatic carboxylic acids is 1. The topological polar surface area (TPSA) is 71.5 Å². The second kappa shape index (κ2) is 6.25. The fraction of sp³-hybridized carbons (Fsp3) is 0.143. The second-order valence-electron chi connectivity index (χ2n) is 4.05. The number of rotatable bonds is 5. The van der Waals surface area contributed by atoms with E-state index >= 15 is 0 Å². The highest BCUT2D eigenvalue weighted by Gasteiger charge is 2.04. The highest BCUT2D eigenvalue weighted by atomic mass is 35.5. The highest BCUT2D eigenvalue weighted by molar-refractivity contribution is 6.32. The summed E-state index contributed by atoms with van der Waals surface area (Å²) in [6, 6.07) is 8.55. The van der Waals surface area contributed by atoms with Crippen molar-refractivity contribution in [1.82, 2.24) is 4.98 Å². The number of anilines is 1. The van der Waals surface area contributed by atoms with Gasteiger partial charge in [-0.2, -0.15) is 0 Å². The maximum atomic E-state index is 10.7. The number of methoxy groups -OCH3 is 1. The molecule has 2 rings (SSSR count). The molecule has 2 aromatic rings. The summed E-state index contributed by atoms with van der Waals surface area (Å²) >= 11 is 5.94. The first-order chi connectivity index (χ1) is 9.60. The molecule has 6 heteroatoms. The Morgan fingerprint density at radius 3 is 2.80 bits per heavy atom. The molecule has 0 saturated carbocycles. The normalized spacial score (nSPS) is 10.1. The first-order valence-electron chi connectivity index (χ1n) is 5.86. The fourth-order valence-corrected chi connectivity index (χ4v) is 1.81. The number of ether oxygens (including phenoxy) is 1. The van der Waals surface area contributed by atoms with Gasteiger partial charge in [0, 0.05) is 18.0 Å². The number of benzene rings is 1. The van der Waals surface area contributed by atoms with Gasteiger partial charge in [-0.25, -0.2) is 4.79 Å². The van der Waals surface area contributed by atoms with Crippen molar-refractivity contribution in [2.24, 2.45) is 0 Å². The Balaban J connectivity index is 2.03. The molecule has 1 heterocycles. The van der Waals surface area contributed by atoms with Gasteiger partial charge in [0.2, 0.25) is 0 Å². The fourth-order valence-electron chi connectivity index (χ4n) is 1.62. The van der Waals surface area contributed by atoms with E-state index in [0.29, 0.717) is 17.3 Å². The van der Waals surface area contributed by atoms with Crippen LogP contribution < -0.4 is 10.1 Å². The van der Waals surface area contributed by atoms with Crippen LogP contribution in [0.5, 0.6) is 5.75 Å². The molecule has 0 aliphatic carbocycles. The van der Waals surface area contributed by atoms with Gasteiger partial charge >= 0.3 is 5.97 Å². The van der Waals surface area contributed by atoms with Gasteiger partial charge < -0.3 is 15.2 Å². The number of aromatic nitrogens is 1. The lowest BCUT2D eigenvalue weighted by molar-refractivity contribution is 0.0696. The minimum absolute atomic E-state index is 0.168. The largest absolute Gasteiger partial charge is 0.495 e.